The first kappa shape index (κ1) is 20.9. The highest BCUT2D eigenvalue weighted by Gasteiger charge is 2.20. The Hall–Kier alpha value is -4.20. The molecule has 1 aliphatic rings. The number of thiophene rings is 1. The lowest BCUT2D eigenvalue weighted by Crippen LogP contribution is -1.91. The van der Waals surface area contributed by atoms with Gasteiger partial charge in [-0.15, -0.1) is 11.3 Å². The van der Waals surface area contributed by atoms with Crippen molar-refractivity contribution in [1.82, 2.24) is 0 Å². The number of hydrogen-bond donors (Lipinski definition) is 0. The van der Waals surface area contributed by atoms with Gasteiger partial charge in [-0.25, -0.2) is 0 Å². The van der Waals surface area contributed by atoms with Gasteiger partial charge >= 0.3 is 0 Å². The van der Waals surface area contributed by atoms with E-state index in [1.54, 1.807) is 0 Å². The third-order valence-corrected chi connectivity index (χ3v) is 9.17. The molecule has 0 radical (unpaired) electrons. The highest BCUT2D eigenvalue weighted by Crippen LogP contribution is 2.48. The molecule has 1 aliphatic carbocycles. The monoisotopic (exact) mass is 488 g/mol. The minimum atomic E-state index is 1.13. The smallest absolute Gasteiger partial charge is 0.0430 e. The first-order chi connectivity index (χ1) is 18.4. The molecule has 0 saturated carbocycles. The van der Waals surface area contributed by atoms with Crippen LogP contribution in [0.2, 0.25) is 0 Å². The fourth-order valence-electron chi connectivity index (χ4n) is 6.27. The van der Waals surface area contributed by atoms with E-state index in [4.69, 9.17) is 0 Å². The van der Waals surface area contributed by atoms with Gasteiger partial charge < -0.3 is 0 Å². The molecular formula is C36H24S. The van der Waals surface area contributed by atoms with E-state index in [0.717, 1.165) is 12.8 Å². The van der Waals surface area contributed by atoms with Crippen LogP contribution in [0.4, 0.5) is 0 Å². The molecule has 0 bridgehead atoms. The van der Waals surface area contributed by atoms with Gasteiger partial charge in [0.1, 0.15) is 0 Å². The molecule has 0 atom stereocenters. The Morgan fingerprint density at radius 2 is 1.19 bits per heavy atom. The predicted molar refractivity (Wildman–Crippen MR) is 163 cm³/mol. The van der Waals surface area contributed by atoms with Crippen molar-refractivity contribution >= 4 is 59.8 Å². The van der Waals surface area contributed by atoms with Gasteiger partial charge in [0.15, 0.2) is 0 Å². The molecule has 1 heteroatoms. The fraction of sp³-hybridized carbons (Fsp3) is 0.0556. The largest absolute Gasteiger partial charge is 0.135 e. The molecule has 7 aromatic rings. The first-order valence-corrected chi connectivity index (χ1v) is 13.8. The van der Waals surface area contributed by atoms with Crippen LogP contribution in [0.1, 0.15) is 16.9 Å². The Kier molecular flexibility index (Phi) is 4.62. The zero-order valence-electron chi connectivity index (χ0n) is 20.4. The Morgan fingerprint density at radius 1 is 0.541 bits per heavy atom. The average Bonchev–Trinajstić information content (AvgIpc) is 3.35. The topological polar surface area (TPSA) is 0 Å². The molecular weight excluding hydrogens is 464 g/mol. The molecule has 0 N–H and O–H groups in total. The second kappa shape index (κ2) is 8.16. The van der Waals surface area contributed by atoms with Crippen molar-refractivity contribution in [1.29, 1.82) is 0 Å². The molecule has 1 heterocycles. The maximum atomic E-state index is 2.35. The van der Waals surface area contributed by atoms with Crippen LogP contribution in [0.25, 0.3) is 70.7 Å². The van der Waals surface area contributed by atoms with Crippen LogP contribution in [-0.4, -0.2) is 0 Å². The van der Waals surface area contributed by atoms with Crippen LogP contribution in [0, 0.1) is 0 Å². The Labute approximate surface area is 220 Å². The van der Waals surface area contributed by atoms with E-state index in [1.165, 1.54) is 75.1 Å². The van der Waals surface area contributed by atoms with Gasteiger partial charge in [0, 0.05) is 15.1 Å². The van der Waals surface area contributed by atoms with Crippen LogP contribution in [0.3, 0.4) is 0 Å². The van der Waals surface area contributed by atoms with E-state index in [1.807, 2.05) is 11.3 Å². The van der Waals surface area contributed by atoms with E-state index in [0.29, 0.717) is 0 Å². The summed E-state index contributed by atoms with van der Waals surface area (Å²) in [6.45, 7) is 0. The molecule has 0 unspecified atom stereocenters. The average molecular weight is 489 g/mol. The summed E-state index contributed by atoms with van der Waals surface area (Å²) in [5.41, 5.74) is 6.81. The molecule has 0 amide bonds. The summed E-state index contributed by atoms with van der Waals surface area (Å²) >= 11 is 1.95. The van der Waals surface area contributed by atoms with Gasteiger partial charge in [0.05, 0.1) is 0 Å². The summed E-state index contributed by atoms with van der Waals surface area (Å²) in [5.74, 6) is 0. The molecule has 0 fully saturated rings. The van der Waals surface area contributed by atoms with Crippen molar-refractivity contribution in [3.63, 3.8) is 0 Å². The highest BCUT2D eigenvalue weighted by atomic mass is 32.1. The lowest BCUT2D eigenvalue weighted by molar-refractivity contribution is 1.01. The van der Waals surface area contributed by atoms with E-state index in [9.17, 15) is 0 Å². The summed E-state index contributed by atoms with van der Waals surface area (Å²) in [4.78, 5) is 1.43. The van der Waals surface area contributed by atoms with Crippen LogP contribution in [0.15, 0.2) is 115 Å². The number of hydrogen-bond acceptors (Lipinski definition) is 1. The van der Waals surface area contributed by atoms with E-state index >= 15 is 0 Å². The number of benzene rings is 6. The number of allylic oxidation sites excluding steroid dienone is 1. The van der Waals surface area contributed by atoms with Crippen LogP contribution < -0.4 is 0 Å². The van der Waals surface area contributed by atoms with Crippen LogP contribution >= 0.6 is 11.3 Å². The Bertz CT molecular complexity index is 1980. The summed E-state index contributed by atoms with van der Waals surface area (Å²) in [6, 6.07) is 40.4. The minimum Gasteiger partial charge on any atom is -0.135 e. The zero-order chi connectivity index (χ0) is 24.3. The third-order valence-electron chi connectivity index (χ3n) is 7.92. The second-order valence-corrected chi connectivity index (χ2v) is 11.0. The second-order valence-electron chi connectivity index (χ2n) is 9.97. The van der Waals surface area contributed by atoms with E-state index in [-0.39, 0.29) is 0 Å². The van der Waals surface area contributed by atoms with Crippen molar-refractivity contribution in [2.24, 2.45) is 0 Å². The molecule has 8 rings (SSSR count). The third kappa shape index (κ3) is 3.14. The lowest BCUT2D eigenvalue weighted by Gasteiger charge is -2.18. The van der Waals surface area contributed by atoms with Gasteiger partial charge in [-0.3, -0.25) is 0 Å². The molecule has 37 heavy (non-hydrogen) atoms. The van der Waals surface area contributed by atoms with Gasteiger partial charge in [-0.2, -0.15) is 0 Å². The quantitative estimate of drug-likeness (QED) is 0.212. The Morgan fingerprint density at radius 3 is 1.95 bits per heavy atom. The standard InChI is InChI=1S/C36H24S/c1-2-11-24-22-25(21-20-23(24)10-1)34-27-13-3-5-15-29(27)35(30-16-6-4-14-28(30)34)32-18-9-17-31-26-12-7-8-19-33(26)37-36(31)32/h1-6,8-11,13-22H,7,12H2. The van der Waals surface area contributed by atoms with E-state index < -0.39 is 0 Å². The minimum absolute atomic E-state index is 1.13. The summed E-state index contributed by atoms with van der Waals surface area (Å²) < 4.78 is 1.41. The fourth-order valence-corrected chi connectivity index (χ4v) is 7.57. The number of aryl methyl sites for hydroxylation is 1. The molecule has 0 nitrogen and oxygen atoms in total. The number of rotatable bonds is 2. The number of fused-ring (bicyclic) bond motifs is 6. The molecule has 1 aromatic heterocycles. The van der Waals surface area contributed by atoms with Crippen LogP contribution in [0.5, 0.6) is 0 Å². The summed E-state index contributed by atoms with van der Waals surface area (Å²) in [6.07, 6.45) is 6.92. The van der Waals surface area contributed by atoms with Crippen molar-refractivity contribution in [2.75, 3.05) is 0 Å². The van der Waals surface area contributed by atoms with Crippen molar-refractivity contribution in [3.05, 3.63) is 126 Å². The molecule has 0 saturated heterocycles. The molecule has 174 valence electrons. The lowest BCUT2D eigenvalue weighted by atomic mass is 9.85. The molecule has 6 aromatic carbocycles. The normalized spacial score (nSPS) is 13.1. The maximum Gasteiger partial charge on any atom is 0.0430 e. The highest BCUT2D eigenvalue weighted by molar-refractivity contribution is 7.20. The van der Waals surface area contributed by atoms with Crippen molar-refractivity contribution < 1.29 is 0 Å². The van der Waals surface area contributed by atoms with Crippen LogP contribution in [-0.2, 0) is 6.42 Å². The summed E-state index contributed by atoms with van der Waals surface area (Å²) in [7, 11) is 0. The predicted octanol–water partition coefficient (Wildman–Crippen LogP) is 10.7. The van der Waals surface area contributed by atoms with Crippen molar-refractivity contribution in [3.8, 4) is 22.3 Å². The van der Waals surface area contributed by atoms with Gasteiger partial charge in [0.2, 0.25) is 0 Å². The van der Waals surface area contributed by atoms with Gasteiger partial charge in [-0.05, 0) is 84.9 Å². The molecule has 0 aliphatic heterocycles. The maximum absolute atomic E-state index is 2.35. The Balaban J connectivity index is 1.51. The van der Waals surface area contributed by atoms with Gasteiger partial charge in [-0.1, -0.05) is 109 Å². The van der Waals surface area contributed by atoms with Gasteiger partial charge in [0.25, 0.3) is 0 Å². The molecule has 0 spiro atoms. The first-order valence-electron chi connectivity index (χ1n) is 13.0. The SMILES string of the molecule is C1=Cc2sc3c(-c4c5ccccc5c(-c5ccc6ccccc6c5)c5ccccc45)cccc3c2CC1. The van der Waals surface area contributed by atoms with Crippen molar-refractivity contribution in [2.45, 2.75) is 12.8 Å². The zero-order valence-corrected chi connectivity index (χ0v) is 21.2. The summed E-state index contributed by atoms with van der Waals surface area (Å²) in [5, 5.41) is 9.23. The van der Waals surface area contributed by atoms with E-state index in [2.05, 4.69) is 121 Å².